The van der Waals surface area contributed by atoms with Gasteiger partial charge in [0, 0.05) is 24.7 Å². The normalized spacial score (nSPS) is 11.2. The van der Waals surface area contributed by atoms with Crippen LogP contribution in [0.1, 0.15) is 23.5 Å². The number of imidazole rings is 1. The Morgan fingerprint density at radius 3 is 2.95 bits per heavy atom. The van der Waals surface area contributed by atoms with Crippen LogP contribution in [0.25, 0.3) is 15.3 Å². The van der Waals surface area contributed by atoms with Crippen molar-refractivity contribution in [1.29, 1.82) is 0 Å². The van der Waals surface area contributed by atoms with Gasteiger partial charge in [0.1, 0.15) is 4.83 Å². The number of thiophene rings is 1. The molecule has 0 aromatic carbocycles. The van der Waals surface area contributed by atoms with Gasteiger partial charge in [0.15, 0.2) is 4.96 Å². The van der Waals surface area contributed by atoms with Gasteiger partial charge < -0.3 is 10.2 Å². The number of thiazole rings is 1. The van der Waals surface area contributed by atoms with Crippen molar-refractivity contribution in [3.8, 4) is 0 Å². The number of likely N-dealkylation sites (N-methyl/N-ethyl adjacent to an activating group) is 2. The number of hydrogen-bond acceptors (Lipinski definition) is 5. The van der Waals surface area contributed by atoms with Crippen molar-refractivity contribution in [3.05, 3.63) is 22.5 Å². The Morgan fingerprint density at radius 2 is 2.23 bits per heavy atom. The minimum absolute atomic E-state index is 0.0831. The van der Waals surface area contributed by atoms with Crippen LogP contribution in [0.4, 0.5) is 0 Å². The third-order valence-electron chi connectivity index (χ3n) is 3.33. The first-order chi connectivity index (χ1) is 10.6. The lowest BCUT2D eigenvalue weighted by Gasteiger charge is -2.19. The van der Waals surface area contributed by atoms with E-state index in [2.05, 4.69) is 10.3 Å². The molecule has 1 N–H and O–H groups in total. The van der Waals surface area contributed by atoms with E-state index < -0.39 is 0 Å². The summed E-state index contributed by atoms with van der Waals surface area (Å²) < 4.78 is 1.98. The summed E-state index contributed by atoms with van der Waals surface area (Å²) in [5.41, 5.74) is 0.943. The predicted octanol–water partition coefficient (Wildman–Crippen LogP) is 2.21. The zero-order chi connectivity index (χ0) is 15.7. The largest absolute Gasteiger partial charge is 0.355 e. The molecule has 0 aliphatic heterocycles. The molecule has 3 heterocycles. The molecule has 3 aromatic heterocycles. The van der Waals surface area contributed by atoms with Crippen molar-refractivity contribution < 1.29 is 9.59 Å². The molecule has 0 spiro atoms. The van der Waals surface area contributed by atoms with E-state index in [0.29, 0.717) is 18.0 Å². The van der Waals surface area contributed by atoms with E-state index >= 15 is 0 Å². The lowest BCUT2D eigenvalue weighted by Crippen LogP contribution is -2.40. The molecule has 0 atom stereocenters. The maximum Gasteiger partial charge on any atom is 0.264 e. The van der Waals surface area contributed by atoms with Crippen LogP contribution in [0, 0.1) is 0 Å². The van der Waals surface area contributed by atoms with Crippen LogP contribution >= 0.6 is 22.7 Å². The van der Waals surface area contributed by atoms with Gasteiger partial charge in [-0.25, -0.2) is 4.98 Å². The van der Waals surface area contributed by atoms with Crippen LogP contribution in [0.2, 0.25) is 0 Å². The van der Waals surface area contributed by atoms with E-state index in [0.717, 1.165) is 15.3 Å². The Kier molecular flexibility index (Phi) is 4.12. The minimum Gasteiger partial charge on any atom is -0.355 e. The second kappa shape index (κ2) is 6.05. The van der Waals surface area contributed by atoms with Crippen molar-refractivity contribution in [3.63, 3.8) is 0 Å². The molecule has 0 saturated heterocycles. The Hall–Kier alpha value is -1.93. The lowest BCUT2D eigenvalue weighted by molar-refractivity contribution is -0.121. The van der Waals surface area contributed by atoms with E-state index in [4.69, 9.17) is 0 Å². The number of fused-ring (bicyclic) bond motifs is 3. The first-order valence-electron chi connectivity index (χ1n) is 7.05. The van der Waals surface area contributed by atoms with Gasteiger partial charge in [0.25, 0.3) is 5.91 Å². The highest BCUT2D eigenvalue weighted by atomic mass is 32.1. The third kappa shape index (κ3) is 2.59. The Balaban J connectivity index is 1.86. The Labute approximate surface area is 135 Å². The summed E-state index contributed by atoms with van der Waals surface area (Å²) in [7, 11) is 0. The number of hydrogen-bond donors (Lipinski definition) is 1. The van der Waals surface area contributed by atoms with E-state index in [9.17, 15) is 9.59 Å². The van der Waals surface area contributed by atoms with Crippen LogP contribution in [-0.4, -0.2) is 45.7 Å². The zero-order valence-corrected chi connectivity index (χ0v) is 14.0. The first kappa shape index (κ1) is 15.0. The van der Waals surface area contributed by atoms with E-state index in [1.165, 1.54) is 11.3 Å². The number of nitrogens with one attached hydrogen (secondary N) is 1. The minimum atomic E-state index is -0.138. The van der Waals surface area contributed by atoms with E-state index in [1.54, 1.807) is 16.2 Å². The second-order valence-electron chi connectivity index (χ2n) is 4.74. The molecular weight excluding hydrogens is 320 g/mol. The summed E-state index contributed by atoms with van der Waals surface area (Å²) in [5, 5.41) is 4.68. The molecule has 0 unspecified atom stereocenters. The van der Waals surface area contributed by atoms with Gasteiger partial charge in [-0.15, -0.1) is 22.7 Å². The number of rotatable bonds is 5. The van der Waals surface area contributed by atoms with Crippen LogP contribution in [0.15, 0.2) is 17.6 Å². The molecule has 2 amide bonds. The number of carbonyl (C=O) groups is 2. The standard InChI is InChI=1S/C14H16N4O2S2/c1-3-15-11(19)8-17(4-2)13(20)10-7-9-12(22-10)16-14-18(9)5-6-21-14/h5-7H,3-4,8H2,1-2H3,(H,15,19). The summed E-state index contributed by atoms with van der Waals surface area (Å²) in [6, 6.07) is 1.86. The van der Waals surface area contributed by atoms with Crippen molar-refractivity contribution in [2.24, 2.45) is 0 Å². The molecule has 0 fully saturated rings. The van der Waals surface area contributed by atoms with Gasteiger partial charge in [0.05, 0.1) is 16.9 Å². The van der Waals surface area contributed by atoms with E-state index in [-0.39, 0.29) is 18.4 Å². The Bertz CT molecular complexity index is 832. The molecule has 116 valence electrons. The average molecular weight is 336 g/mol. The molecule has 6 nitrogen and oxygen atoms in total. The second-order valence-corrected chi connectivity index (χ2v) is 6.64. The first-order valence-corrected chi connectivity index (χ1v) is 8.74. The topological polar surface area (TPSA) is 66.7 Å². The van der Waals surface area contributed by atoms with Gasteiger partial charge in [0.2, 0.25) is 5.91 Å². The highest BCUT2D eigenvalue weighted by Gasteiger charge is 2.21. The van der Waals surface area contributed by atoms with Crippen molar-refractivity contribution in [2.75, 3.05) is 19.6 Å². The molecule has 0 aliphatic rings. The number of nitrogens with zero attached hydrogens (tertiary/aromatic N) is 3. The maximum atomic E-state index is 12.6. The predicted molar refractivity (Wildman–Crippen MR) is 88.7 cm³/mol. The SMILES string of the molecule is CCNC(=O)CN(CC)C(=O)c1cc2c(nc3sccn32)s1. The van der Waals surface area contributed by atoms with Crippen LogP contribution in [0.5, 0.6) is 0 Å². The fourth-order valence-corrected chi connectivity index (χ4v) is 4.03. The number of aromatic nitrogens is 2. The molecule has 0 bridgehead atoms. The zero-order valence-electron chi connectivity index (χ0n) is 12.3. The number of amides is 2. The van der Waals surface area contributed by atoms with Gasteiger partial charge in [-0.1, -0.05) is 0 Å². The Morgan fingerprint density at radius 1 is 1.41 bits per heavy atom. The van der Waals surface area contributed by atoms with Crippen molar-refractivity contribution in [1.82, 2.24) is 19.6 Å². The summed E-state index contributed by atoms with van der Waals surface area (Å²) in [4.78, 5) is 32.7. The van der Waals surface area contributed by atoms with Crippen LogP contribution in [0.3, 0.4) is 0 Å². The van der Waals surface area contributed by atoms with Crippen LogP contribution < -0.4 is 5.32 Å². The van der Waals surface area contributed by atoms with Gasteiger partial charge in [-0.05, 0) is 19.9 Å². The molecule has 8 heteroatoms. The molecule has 0 saturated carbocycles. The molecular formula is C14H16N4O2S2. The maximum absolute atomic E-state index is 12.6. The highest BCUT2D eigenvalue weighted by Crippen LogP contribution is 2.28. The molecule has 22 heavy (non-hydrogen) atoms. The molecule has 0 aliphatic carbocycles. The average Bonchev–Trinajstić information content (AvgIpc) is 3.15. The third-order valence-corrected chi connectivity index (χ3v) is 5.09. The summed E-state index contributed by atoms with van der Waals surface area (Å²) >= 11 is 2.94. The summed E-state index contributed by atoms with van der Waals surface area (Å²) in [6.07, 6.45) is 1.95. The summed E-state index contributed by atoms with van der Waals surface area (Å²) in [6.45, 7) is 4.87. The fraction of sp³-hybridized carbons (Fsp3) is 0.357. The lowest BCUT2D eigenvalue weighted by atomic mass is 10.3. The van der Waals surface area contributed by atoms with Crippen LogP contribution in [-0.2, 0) is 4.79 Å². The van der Waals surface area contributed by atoms with Gasteiger partial charge in [-0.2, -0.15) is 0 Å². The molecule has 3 aromatic rings. The molecule has 0 radical (unpaired) electrons. The summed E-state index contributed by atoms with van der Waals surface area (Å²) in [5.74, 6) is -0.262. The quantitative estimate of drug-likeness (QED) is 0.777. The van der Waals surface area contributed by atoms with Crippen molar-refractivity contribution >= 4 is 49.8 Å². The monoisotopic (exact) mass is 336 g/mol. The number of carbonyl (C=O) groups excluding carboxylic acids is 2. The van der Waals surface area contributed by atoms with Gasteiger partial charge in [-0.3, -0.25) is 14.0 Å². The molecule has 3 rings (SSSR count). The van der Waals surface area contributed by atoms with Gasteiger partial charge >= 0.3 is 0 Å². The smallest absolute Gasteiger partial charge is 0.264 e. The van der Waals surface area contributed by atoms with E-state index in [1.807, 2.05) is 35.9 Å². The van der Waals surface area contributed by atoms with Crippen molar-refractivity contribution in [2.45, 2.75) is 13.8 Å². The fourth-order valence-electron chi connectivity index (χ4n) is 2.26. The highest BCUT2D eigenvalue weighted by molar-refractivity contribution is 7.21.